The average Bonchev–Trinajstić information content (AvgIpc) is 3.39. The molecule has 1 atom stereocenters. The standard InChI is InChI=1S/C21H27BrN4OS/c1-15(20(27)25-13-5-6-14-25)28-21-24-23-19(16-9-11-17(22)12-10-16)26(21)18-7-3-2-4-8-18/h9-12,15,18H,2-8,13-14H2,1H3/t15-/m0/s1. The molecule has 150 valence electrons. The van der Waals surface area contributed by atoms with E-state index in [1.807, 2.05) is 24.0 Å². The number of amides is 1. The van der Waals surface area contributed by atoms with Gasteiger partial charge in [0.25, 0.3) is 0 Å². The number of rotatable bonds is 5. The summed E-state index contributed by atoms with van der Waals surface area (Å²) >= 11 is 5.08. The second-order valence-electron chi connectivity index (χ2n) is 7.77. The summed E-state index contributed by atoms with van der Waals surface area (Å²) in [6, 6.07) is 8.67. The third-order valence-corrected chi connectivity index (χ3v) is 7.33. The van der Waals surface area contributed by atoms with Gasteiger partial charge in [0.2, 0.25) is 5.91 Å². The van der Waals surface area contributed by atoms with Crippen LogP contribution >= 0.6 is 27.7 Å². The van der Waals surface area contributed by atoms with Crippen LogP contribution in [0, 0.1) is 0 Å². The molecule has 2 heterocycles. The van der Waals surface area contributed by atoms with Crippen LogP contribution in [0.4, 0.5) is 0 Å². The second kappa shape index (κ2) is 8.99. The van der Waals surface area contributed by atoms with Crippen molar-refractivity contribution in [3.8, 4) is 11.4 Å². The fourth-order valence-corrected chi connectivity index (χ4v) is 5.49. The molecular weight excluding hydrogens is 436 g/mol. The highest BCUT2D eigenvalue weighted by atomic mass is 79.9. The Hall–Kier alpha value is -1.34. The van der Waals surface area contributed by atoms with Crippen LogP contribution in [-0.4, -0.2) is 43.9 Å². The van der Waals surface area contributed by atoms with Crippen molar-refractivity contribution < 1.29 is 4.79 Å². The predicted octanol–water partition coefficient (Wildman–Crippen LogP) is 5.32. The minimum atomic E-state index is -0.137. The van der Waals surface area contributed by atoms with E-state index in [-0.39, 0.29) is 11.2 Å². The van der Waals surface area contributed by atoms with Crippen LogP contribution in [0.25, 0.3) is 11.4 Å². The lowest BCUT2D eigenvalue weighted by Gasteiger charge is -2.26. The number of benzene rings is 1. The number of thioether (sulfide) groups is 1. The Labute approximate surface area is 179 Å². The van der Waals surface area contributed by atoms with Gasteiger partial charge in [-0.1, -0.05) is 59.1 Å². The molecule has 0 spiro atoms. The molecule has 2 aromatic rings. The number of hydrogen-bond acceptors (Lipinski definition) is 4. The molecule has 1 saturated carbocycles. The minimum Gasteiger partial charge on any atom is -0.342 e. The lowest BCUT2D eigenvalue weighted by atomic mass is 9.95. The molecule has 0 N–H and O–H groups in total. The molecule has 1 amide bonds. The van der Waals surface area contributed by atoms with Crippen LogP contribution < -0.4 is 0 Å². The van der Waals surface area contributed by atoms with E-state index in [0.29, 0.717) is 6.04 Å². The van der Waals surface area contributed by atoms with E-state index in [9.17, 15) is 4.79 Å². The second-order valence-corrected chi connectivity index (χ2v) is 9.99. The van der Waals surface area contributed by atoms with Crippen molar-refractivity contribution in [3.05, 3.63) is 28.7 Å². The summed E-state index contributed by atoms with van der Waals surface area (Å²) in [6.07, 6.45) is 8.35. The van der Waals surface area contributed by atoms with Crippen molar-refractivity contribution in [2.75, 3.05) is 13.1 Å². The SMILES string of the molecule is C[C@H](Sc1nnc(-c2ccc(Br)cc2)n1C1CCCCC1)C(=O)N1CCCC1. The van der Waals surface area contributed by atoms with Crippen molar-refractivity contribution in [1.29, 1.82) is 0 Å². The maximum absolute atomic E-state index is 12.8. The van der Waals surface area contributed by atoms with Gasteiger partial charge in [0.05, 0.1) is 5.25 Å². The molecule has 7 heteroatoms. The predicted molar refractivity (Wildman–Crippen MR) is 116 cm³/mol. The molecule has 2 aliphatic rings. The summed E-state index contributed by atoms with van der Waals surface area (Å²) in [5, 5.41) is 9.83. The van der Waals surface area contributed by atoms with Gasteiger partial charge >= 0.3 is 0 Å². The molecule has 4 rings (SSSR count). The van der Waals surface area contributed by atoms with Crippen LogP contribution in [0.1, 0.15) is 57.9 Å². The van der Waals surface area contributed by atoms with E-state index in [1.54, 1.807) is 11.8 Å². The zero-order chi connectivity index (χ0) is 19.5. The zero-order valence-corrected chi connectivity index (χ0v) is 18.7. The molecule has 1 aliphatic carbocycles. The van der Waals surface area contributed by atoms with Gasteiger partial charge in [-0.3, -0.25) is 9.36 Å². The highest BCUT2D eigenvalue weighted by molar-refractivity contribution is 9.10. The number of halogens is 1. The van der Waals surface area contributed by atoms with E-state index in [0.717, 1.165) is 59.8 Å². The Kier molecular flexibility index (Phi) is 6.41. The summed E-state index contributed by atoms with van der Waals surface area (Å²) in [4.78, 5) is 14.8. The van der Waals surface area contributed by atoms with Crippen LogP contribution in [0.5, 0.6) is 0 Å². The first kappa shape index (κ1) is 20.0. The van der Waals surface area contributed by atoms with Gasteiger partial charge in [-0.15, -0.1) is 10.2 Å². The first-order valence-electron chi connectivity index (χ1n) is 10.3. The van der Waals surface area contributed by atoms with Crippen LogP contribution in [0.2, 0.25) is 0 Å². The van der Waals surface area contributed by atoms with Crippen LogP contribution in [0.15, 0.2) is 33.9 Å². The lowest BCUT2D eigenvalue weighted by Crippen LogP contribution is -2.34. The van der Waals surface area contributed by atoms with Gasteiger partial charge in [0, 0.05) is 29.2 Å². The number of carbonyl (C=O) groups is 1. The number of aromatic nitrogens is 3. The Morgan fingerprint density at radius 3 is 2.43 bits per heavy atom. The Morgan fingerprint density at radius 1 is 1.07 bits per heavy atom. The third-order valence-electron chi connectivity index (χ3n) is 5.75. The lowest BCUT2D eigenvalue weighted by molar-refractivity contribution is -0.129. The summed E-state index contributed by atoms with van der Waals surface area (Å²) in [7, 11) is 0. The Bertz CT molecular complexity index is 810. The monoisotopic (exact) mass is 462 g/mol. The molecule has 0 radical (unpaired) electrons. The molecule has 28 heavy (non-hydrogen) atoms. The quantitative estimate of drug-likeness (QED) is 0.564. The first-order chi connectivity index (χ1) is 13.6. The summed E-state index contributed by atoms with van der Waals surface area (Å²) < 4.78 is 3.36. The molecule has 2 fully saturated rings. The van der Waals surface area contributed by atoms with Gasteiger partial charge in [-0.25, -0.2) is 0 Å². The van der Waals surface area contributed by atoms with Gasteiger partial charge in [-0.05, 0) is 44.7 Å². The van der Waals surface area contributed by atoms with Crippen molar-refractivity contribution in [2.45, 2.75) is 68.3 Å². The van der Waals surface area contributed by atoms with Crippen molar-refractivity contribution in [3.63, 3.8) is 0 Å². The van der Waals surface area contributed by atoms with Crippen LogP contribution in [0.3, 0.4) is 0 Å². The van der Waals surface area contributed by atoms with Gasteiger partial charge in [0.1, 0.15) is 0 Å². The fourth-order valence-electron chi connectivity index (χ4n) is 4.22. The third kappa shape index (κ3) is 4.30. The van der Waals surface area contributed by atoms with Gasteiger partial charge < -0.3 is 4.90 Å². The molecule has 1 saturated heterocycles. The highest BCUT2D eigenvalue weighted by Gasteiger charge is 2.29. The number of likely N-dealkylation sites (tertiary alicyclic amines) is 1. The Balaban J connectivity index is 1.62. The summed E-state index contributed by atoms with van der Waals surface area (Å²) in [5.74, 6) is 1.15. The minimum absolute atomic E-state index is 0.137. The van der Waals surface area contributed by atoms with E-state index < -0.39 is 0 Å². The Morgan fingerprint density at radius 2 is 1.75 bits per heavy atom. The van der Waals surface area contributed by atoms with Crippen molar-refractivity contribution >= 4 is 33.6 Å². The van der Waals surface area contributed by atoms with E-state index in [2.05, 4.69) is 42.8 Å². The van der Waals surface area contributed by atoms with Crippen molar-refractivity contribution in [2.24, 2.45) is 0 Å². The highest BCUT2D eigenvalue weighted by Crippen LogP contribution is 2.37. The molecule has 0 unspecified atom stereocenters. The topological polar surface area (TPSA) is 51.0 Å². The maximum Gasteiger partial charge on any atom is 0.235 e. The van der Waals surface area contributed by atoms with E-state index in [4.69, 9.17) is 0 Å². The van der Waals surface area contributed by atoms with Crippen molar-refractivity contribution in [1.82, 2.24) is 19.7 Å². The van der Waals surface area contributed by atoms with E-state index >= 15 is 0 Å². The van der Waals surface area contributed by atoms with E-state index in [1.165, 1.54) is 19.3 Å². The van der Waals surface area contributed by atoms with Crippen LogP contribution in [-0.2, 0) is 4.79 Å². The summed E-state index contributed by atoms with van der Waals surface area (Å²) in [6.45, 7) is 3.79. The molecule has 1 aliphatic heterocycles. The number of carbonyl (C=O) groups excluding carboxylic acids is 1. The van der Waals surface area contributed by atoms with Gasteiger partial charge in [0.15, 0.2) is 11.0 Å². The first-order valence-corrected chi connectivity index (χ1v) is 12.0. The average molecular weight is 463 g/mol. The molecule has 1 aromatic carbocycles. The van der Waals surface area contributed by atoms with Gasteiger partial charge in [-0.2, -0.15) is 0 Å². The molecular formula is C21H27BrN4OS. The molecule has 1 aromatic heterocycles. The molecule has 0 bridgehead atoms. The smallest absolute Gasteiger partial charge is 0.235 e. The molecule has 5 nitrogen and oxygen atoms in total. The number of hydrogen-bond donors (Lipinski definition) is 0. The zero-order valence-electron chi connectivity index (χ0n) is 16.3. The maximum atomic E-state index is 12.8. The largest absolute Gasteiger partial charge is 0.342 e. The summed E-state index contributed by atoms with van der Waals surface area (Å²) in [5.41, 5.74) is 1.08. The normalized spacial score (nSPS) is 19.1. The fraction of sp³-hybridized carbons (Fsp3) is 0.571. The number of nitrogens with zero attached hydrogens (tertiary/aromatic N) is 4.